The van der Waals surface area contributed by atoms with E-state index in [1.807, 2.05) is 0 Å². The first-order valence-corrected chi connectivity index (χ1v) is 10.4. The van der Waals surface area contributed by atoms with Crippen molar-refractivity contribution >= 4 is 44.1 Å². The van der Waals surface area contributed by atoms with Crippen LogP contribution in [0.5, 0.6) is 0 Å². The summed E-state index contributed by atoms with van der Waals surface area (Å²) in [7, 11) is -8.83. The van der Waals surface area contributed by atoms with Gasteiger partial charge in [-0.05, 0) is 6.42 Å². The number of allylic oxidation sites excluding steroid dienone is 1. The second-order valence-corrected chi connectivity index (χ2v) is 8.39. The molecule has 0 radical (unpaired) electrons. The fourth-order valence-corrected chi connectivity index (χ4v) is 2.54. The van der Waals surface area contributed by atoms with Gasteiger partial charge in [-0.25, -0.2) is 0 Å². The van der Waals surface area contributed by atoms with Crippen molar-refractivity contribution in [2.45, 2.75) is 30.4 Å². The molecule has 0 aromatic rings. The molecule has 0 aliphatic carbocycles. The van der Waals surface area contributed by atoms with Crippen LogP contribution in [0.15, 0.2) is 25.3 Å². The first kappa shape index (κ1) is 31.9. The molecule has 0 saturated carbocycles. The fourth-order valence-electron chi connectivity index (χ4n) is 1.38. The van der Waals surface area contributed by atoms with E-state index < -0.39 is 61.7 Å². The Bertz CT molecular complexity index is 826. The molecule has 30 heavy (non-hydrogen) atoms. The normalized spacial score (nSPS) is 12.5. The van der Waals surface area contributed by atoms with Crippen LogP contribution >= 0.6 is 0 Å². The van der Waals surface area contributed by atoms with Crippen LogP contribution in [0.1, 0.15) is 25.7 Å². The van der Waals surface area contributed by atoms with E-state index in [9.17, 15) is 36.0 Å². The summed E-state index contributed by atoms with van der Waals surface area (Å²) in [4.78, 5) is 40.4. The minimum absolute atomic E-state index is 0.296. The third-order valence-corrected chi connectivity index (χ3v) is 4.81. The van der Waals surface area contributed by atoms with Crippen molar-refractivity contribution in [1.82, 2.24) is 0 Å². The zero-order valence-corrected chi connectivity index (χ0v) is 17.0. The number of rotatable bonds is 11. The second-order valence-electron chi connectivity index (χ2n) is 5.16. The van der Waals surface area contributed by atoms with E-state index >= 15 is 0 Å². The molecule has 0 rings (SSSR count). The maximum atomic E-state index is 10.9. The molecular weight excluding hydrogens is 456 g/mol. The van der Waals surface area contributed by atoms with Crippen LogP contribution in [0.3, 0.4) is 0 Å². The summed E-state index contributed by atoms with van der Waals surface area (Å²) < 4.78 is 55.1. The topological polar surface area (TPSA) is 258 Å². The summed E-state index contributed by atoms with van der Waals surface area (Å²) >= 11 is 0. The van der Waals surface area contributed by atoms with Gasteiger partial charge in [0.15, 0.2) is 0 Å². The summed E-state index contributed by atoms with van der Waals surface area (Å²) in [5, 5.41) is 32.9. The van der Waals surface area contributed by atoms with E-state index in [2.05, 4.69) is 13.2 Å². The van der Waals surface area contributed by atoms with E-state index in [1.165, 1.54) is 0 Å². The Kier molecular flexibility index (Phi) is 15.1. The van der Waals surface area contributed by atoms with Gasteiger partial charge in [-0.3, -0.25) is 28.3 Å². The van der Waals surface area contributed by atoms with Gasteiger partial charge < -0.3 is 20.4 Å². The first-order valence-electron chi connectivity index (χ1n) is 7.39. The number of hydrogen-bond donors (Lipinski definition) is 6. The molecule has 0 aromatic carbocycles. The van der Waals surface area contributed by atoms with E-state index in [-0.39, 0.29) is 18.6 Å². The van der Waals surface area contributed by atoms with Gasteiger partial charge in [0, 0.05) is 0 Å². The average molecular weight is 478 g/mol. The molecular formula is C14H22O14S2. The molecule has 0 aromatic heterocycles. The molecule has 0 spiro atoms. The van der Waals surface area contributed by atoms with Crippen LogP contribution in [0.25, 0.3) is 0 Å². The van der Waals surface area contributed by atoms with Crippen molar-refractivity contribution in [3.05, 3.63) is 25.3 Å². The molecule has 0 saturated heterocycles. The maximum Gasteiger partial charge on any atom is 0.328 e. The van der Waals surface area contributed by atoms with Crippen molar-refractivity contribution in [2.75, 3.05) is 5.75 Å². The summed E-state index contributed by atoms with van der Waals surface area (Å²) in [6.45, 7) is 6.22. The fraction of sp³-hybridized carbons (Fsp3) is 0.429. The van der Waals surface area contributed by atoms with Gasteiger partial charge >= 0.3 is 23.9 Å². The number of carbonyl (C=O) groups is 4. The zero-order valence-electron chi connectivity index (χ0n) is 15.4. The predicted molar refractivity (Wildman–Crippen MR) is 100 cm³/mol. The summed E-state index contributed by atoms with van der Waals surface area (Å²) in [5.41, 5.74) is 0. The molecule has 14 nitrogen and oxygen atoms in total. The Morgan fingerprint density at radius 3 is 1.30 bits per heavy atom. The second kappa shape index (κ2) is 14.2. The predicted octanol–water partition coefficient (Wildman–Crippen LogP) is -0.256. The van der Waals surface area contributed by atoms with Crippen LogP contribution in [0.4, 0.5) is 0 Å². The third-order valence-electron chi connectivity index (χ3n) is 2.68. The van der Waals surface area contributed by atoms with E-state index in [0.717, 1.165) is 12.2 Å². The molecule has 0 aliphatic heterocycles. The Balaban J connectivity index is -0.000000408. The minimum Gasteiger partial charge on any atom is -0.481 e. The molecule has 0 aliphatic rings. The number of carboxylic acids is 4. The summed E-state index contributed by atoms with van der Waals surface area (Å²) in [6, 6.07) is 0. The van der Waals surface area contributed by atoms with E-state index in [4.69, 9.17) is 29.5 Å². The largest absolute Gasteiger partial charge is 0.481 e. The Hall–Kier alpha value is -2.82. The van der Waals surface area contributed by atoms with Crippen molar-refractivity contribution in [3.63, 3.8) is 0 Å². The standard InChI is InChI=1S/C7H10O7S.C4H6O4.C3H6O3S/c1-2-3-7(6(10)11,4-5(8)9)15(12,13)14;5-3(6)1-2-4(7)8;1-2-3-7(4,5)6/h2H,1,3-4H2,(H,8,9)(H,10,11)(H,12,13,14);1-2H2,(H,5,6)(H,7,8);2H,1,3H2,(H,4,5,6). The van der Waals surface area contributed by atoms with Gasteiger partial charge in [-0.1, -0.05) is 12.2 Å². The zero-order chi connectivity index (χ0) is 24.8. The smallest absolute Gasteiger partial charge is 0.328 e. The van der Waals surface area contributed by atoms with Crippen molar-refractivity contribution in [3.8, 4) is 0 Å². The highest BCUT2D eigenvalue weighted by atomic mass is 32.2. The van der Waals surface area contributed by atoms with E-state index in [0.29, 0.717) is 0 Å². The third kappa shape index (κ3) is 16.2. The molecule has 0 bridgehead atoms. The molecule has 0 heterocycles. The minimum atomic E-state index is -5.03. The molecule has 6 N–H and O–H groups in total. The molecule has 16 heteroatoms. The Morgan fingerprint density at radius 1 is 0.767 bits per heavy atom. The summed E-state index contributed by atoms with van der Waals surface area (Å²) in [6.07, 6.45) is -0.467. The van der Waals surface area contributed by atoms with Gasteiger partial charge in [0.1, 0.15) is 0 Å². The van der Waals surface area contributed by atoms with Crippen LogP contribution in [0, 0.1) is 0 Å². The lowest BCUT2D eigenvalue weighted by molar-refractivity contribution is -0.146. The molecule has 0 fully saturated rings. The van der Waals surface area contributed by atoms with Gasteiger partial charge in [0.2, 0.25) is 4.75 Å². The Labute approximate surface area is 171 Å². The van der Waals surface area contributed by atoms with Gasteiger partial charge in [-0.15, -0.1) is 13.2 Å². The lowest BCUT2D eigenvalue weighted by Crippen LogP contribution is -2.47. The van der Waals surface area contributed by atoms with Crippen LogP contribution in [0.2, 0.25) is 0 Å². The highest BCUT2D eigenvalue weighted by molar-refractivity contribution is 7.88. The quantitative estimate of drug-likeness (QED) is 0.165. The number of aliphatic carboxylic acids is 4. The highest BCUT2D eigenvalue weighted by Crippen LogP contribution is 2.26. The Morgan fingerprint density at radius 2 is 1.17 bits per heavy atom. The van der Waals surface area contributed by atoms with Crippen LogP contribution in [-0.2, 0) is 39.4 Å². The van der Waals surface area contributed by atoms with Crippen molar-refractivity contribution < 1.29 is 65.5 Å². The lowest BCUT2D eigenvalue weighted by Gasteiger charge is -2.22. The van der Waals surface area contributed by atoms with Crippen LogP contribution < -0.4 is 0 Å². The average Bonchev–Trinajstić information content (AvgIpc) is 2.50. The number of carboxylic acid groups (broad SMARTS) is 4. The molecule has 174 valence electrons. The van der Waals surface area contributed by atoms with E-state index in [1.54, 1.807) is 0 Å². The van der Waals surface area contributed by atoms with Gasteiger partial charge in [0.05, 0.1) is 25.0 Å². The van der Waals surface area contributed by atoms with Gasteiger partial charge in [-0.2, -0.15) is 16.8 Å². The van der Waals surface area contributed by atoms with Crippen LogP contribution in [-0.4, -0.2) is 80.7 Å². The van der Waals surface area contributed by atoms with Crippen molar-refractivity contribution in [1.29, 1.82) is 0 Å². The molecule has 1 unspecified atom stereocenters. The SMILES string of the molecule is C=CCC(CC(=O)O)(C(=O)O)S(=O)(=O)O.C=CCS(=O)(=O)O.O=C(O)CCC(=O)O. The highest BCUT2D eigenvalue weighted by Gasteiger charge is 2.51. The first-order chi connectivity index (χ1) is 13.4. The lowest BCUT2D eigenvalue weighted by atomic mass is 10.0. The number of hydrogen-bond acceptors (Lipinski definition) is 8. The summed E-state index contributed by atoms with van der Waals surface area (Å²) in [5.74, 6) is -6.09. The van der Waals surface area contributed by atoms with Crippen molar-refractivity contribution in [2.24, 2.45) is 0 Å². The van der Waals surface area contributed by atoms with Gasteiger partial charge in [0.25, 0.3) is 20.2 Å². The molecule has 1 atom stereocenters. The monoisotopic (exact) mass is 478 g/mol. The maximum absolute atomic E-state index is 10.9. The molecule has 0 amide bonds.